The van der Waals surface area contributed by atoms with Crippen LogP contribution in [0, 0.1) is 6.92 Å². The maximum absolute atomic E-state index is 6.13. The zero-order valence-electron chi connectivity index (χ0n) is 11.1. The molecule has 2 aromatic rings. The normalized spacial score (nSPS) is 10.4. The van der Waals surface area contributed by atoms with Gasteiger partial charge >= 0.3 is 0 Å². The van der Waals surface area contributed by atoms with Crippen LogP contribution in [0.2, 0.25) is 15.1 Å². The first kappa shape index (κ1) is 15.3. The van der Waals surface area contributed by atoms with Gasteiger partial charge in [0.1, 0.15) is 5.75 Å². The largest absolute Gasteiger partial charge is 0.496 e. The summed E-state index contributed by atoms with van der Waals surface area (Å²) >= 11 is 18.1. The van der Waals surface area contributed by atoms with E-state index in [0.29, 0.717) is 27.3 Å². The Morgan fingerprint density at radius 1 is 1.05 bits per heavy atom. The minimum atomic E-state index is 0.507. The van der Waals surface area contributed by atoms with E-state index in [4.69, 9.17) is 39.5 Å². The van der Waals surface area contributed by atoms with E-state index in [-0.39, 0.29) is 0 Å². The standard InChI is InChI=1S/C15H14Cl3NO/c1-9-5-10(3-4-14(9)20-2)8-19-15-12(17)6-11(16)7-13(15)18/h3-7,19H,8H2,1-2H3. The average molecular weight is 331 g/mol. The molecular weight excluding hydrogens is 317 g/mol. The lowest BCUT2D eigenvalue weighted by Crippen LogP contribution is -2.01. The van der Waals surface area contributed by atoms with E-state index in [1.165, 1.54) is 0 Å². The summed E-state index contributed by atoms with van der Waals surface area (Å²) in [5.41, 5.74) is 2.89. The van der Waals surface area contributed by atoms with Crippen molar-refractivity contribution < 1.29 is 4.74 Å². The van der Waals surface area contributed by atoms with E-state index in [9.17, 15) is 0 Å². The number of hydrogen-bond donors (Lipinski definition) is 1. The van der Waals surface area contributed by atoms with Crippen LogP contribution in [0.1, 0.15) is 11.1 Å². The highest BCUT2D eigenvalue weighted by atomic mass is 35.5. The molecule has 1 N–H and O–H groups in total. The van der Waals surface area contributed by atoms with Crippen molar-refractivity contribution in [1.29, 1.82) is 0 Å². The number of nitrogens with one attached hydrogen (secondary N) is 1. The Morgan fingerprint density at radius 3 is 2.25 bits per heavy atom. The first-order chi connectivity index (χ1) is 9.51. The minimum Gasteiger partial charge on any atom is -0.496 e. The van der Waals surface area contributed by atoms with Gasteiger partial charge in [-0.25, -0.2) is 0 Å². The average Bonchev–Trinajstić information content (AvgIpc) is 2.37. The molecule has 0 bridgehead atoms. The summed E-state index contributed by atoms with van der Waals surface area (Å²) in [5.74, 6) is 0.872. The highest BCUT2D eigenvalue weighted by molar-refractivity contribution is 6.41. The Morgan fingerprint density at radius 2 is 1.70 bits per heavy atom. The van der Waals surface area contributed by atoms with Crippen LogP contribution in [-0.2, 0) is 6.54 Å². The van der Waals surface area contributed by atoms with E-state index < -0.39 is 0 Å². The summed E-state index contributed by atoms with van der Waals surface area (Å²) in [7, 11) is 1.66. The molecule has 0 unspecified atom stereocenters. The fourth-order valence-corrected chi connectivity index (χ4v) is 2.90. The molecule has 0 radical (unpaired) electrons. The molecule has 106 valence electrons. The second kappa shape index (κ2) is 6.57. The topological polar surface area (TPSA) is 21.3 Å². The van der Waals surface area contributed by atoms with Crippen LogP contribution in [0.25, 0.3) is 0 Å². The Kier molecular flexibility index (Phi) is 5.03. The van der Waals surface area contributed by atoms with Crippen molar-refractivity contribution in [3.05, 3.63) is 56.5 Å². The van der Waals surface area contributed by atoms with Gasteiger partial charge in [0.25, 0.3) is 0 Å². The third-order valence-electron chi connectivity index (χ3n) is 2.94. The lowest BCUT2D eigenvalue weighted by molar-refractivity contribution is 0.411. The number of anilines is 1. The summed E-state index contributed by atoms with van der Waals surface area (Å²) in [6.45, 7) is 2.62. The lowest BCUT2D eigenvalue weighted by atomic mass is 10.1. The van der Waals surface area contributed by atoms with Crippen molar-refractivity contribution in [3.8, 4) is 5.75 Å². The molecule has 0 saturated heterocycles. The Hall–Kier alpha value is -1.09. The molecule has 5 heteroatoms. The van der Waals surface area contributed by atoms with Gasteiger partial charge in [0.2, 0.25) is 0 Å². The third kappa shape index (κ3) is 3.51. The molecule has 2 rings (SSSR count). The molecular formula is C15H14Cl3NO. The summed E-state index contributed by atoms with van der Waals surface area (Å²) in [6.07, 6.45) is 0. The van der Waals surface area contributed by atoms with Gasteiger partial charge in [0, 0.05) is 11.6 Å². The predicted molar refractivity (Wildman–Crippen MR) is 86.5 cm³/mol. The predicted octanol–water partition coefficient (Wildman–Crippen LogP) is 5.58. The molecule has 0 fully saturated rings. The fourth-order valence-electron chi connectivity index (χ4n) is 1.95. The Balaban J connectivity index is 2.15. The Labute approximate surface area is 133 Å². The van der Waals surface area contributed by atoms with Crippen molar-refractivity contribution in [2.24, 2.45) is 0 Å². The van der Waals surface area contributed by atoms with Gasteiger partial charge in [-0.15, -0.1) is 0 Å². The van der Waals surface area contributed by atoms with Gasteiger partial charge in [-0.1, -0.05) is 46.9 Å². The smallest absolute Gasteiger partial charge is 0.121 e. The van der Waals surface area contributed by atoms with Gasteiger partial charge in [-0.2, -0.15) is 0 Å². The fraction of sp³-hybridized carbons (Fsp3) is 0.200. The minimum absolute atomic E-state index is 0.507. The molecule has 0 heterocycles. The van der Waals surface area contributed by atoms with Crippen LogP contribution in [0.4, 0.5) is 5.69 Å². The second-order valence-corrected chi connectivity index (χ2v) is 5.65. The molecule has 2 nitrogen and oxygen atoms in total. The summed E-state index contributed by atoms with van der Waals surface area (Å²) in [4.78, 5) is 0. The van der Waals surface area contributed by atoms with Crippen molar-refractivity contribution in [3.63, 3.8) is 0 Å². The number of methoxy groups -OCH3 is 1. The molecule has 0 aliphatic carbocycles. The zero-order chi connectivity index (χ0) is 14.7. The van der Waals surface area contributed by atoms with Crippen LogP contribution in [0.3, 0.4) is 0 Å². The maximum Gasteiger partial charge on any atom is 0.121 e. The van der Waals surface area contributed by atoms with Gasteiger partial charge in [-0.05, 0) is 36.2 Å². The second-order valence-electron chi connectivity index (χ2n) is 4.40. The number of benzene rings is 2. The van der Waals surface area contributed by atoms with Crippen molar-refractivity contribution in [2.75, 3.05) is 12.4 Å². The van der Waals surface area contributed by atoms with Gasteiger partial charge < -0.3 is 10.1 Å². The molecule has 0 atom stereocenters. The van der Waals surface area contributed by atoms with Gasteiger partial charge in [-0.3, -0.25) is 0 Å². The van der Waals surface area contributed by atoms with Crippen LogP contribution in [0.5, 0.6) is 5.75 Å². The molecule has 0 aliphatic heterocycles. The third-order valence-corrected chi connectivity index (χ3v) is 3.75. The van der Waals surface area contributed by atoms with Crippen LogP contribution < -0.4 is 10.1 Å². The van der Waals surface area contributed by atoms with E-state index in [1.54, 1.807) is 19.2 Å². The summed E-state index contributed by atoms with van der Waals surface area (Å²) < 4.78 is 5.24. The van der Waals surface area contributed by atoms with E-state index in [2.05, 4.69) is 11.4 Å². The number of aryl methyl sites for hydroxylation is 1. The Bertz CT molecular complexity index is 606. The maximum atomic E-state index is 6.13. The molecule has 0 saturated carbocycles. The molecule has 0 spiro atoms. The highest BCUT2D eigenvalue weighted by Crippen LogP contribution is 2.34. The zero-order valence-corrected chi connectivity index (χ0v) is 13.4. The van der Waals surface area contributed by atoms with E-state index in [1.807, 2.05) is 19.1 Å². The van der Waals surface area contributed by atoms with Crippen molar-refractivity contribution in [1.82, 2.24) is 0 Å². The highest BCUT2D eigenvalue weighted by Gasteiger charge is 2.08. The molecule has 2 aromatic carbocycles. The van der Waals surface area contributed by atoms with E-state index in [0.717, 1.165) is 16.9 Å². The van der Waals surface area contributed by atoms with Crippen LogP contribution in [0.15, 0.2) is 30.3 Å². The van der Waals surface area contributed by atoms with Crippen LogP contribution in [-0.4, -0.2) is 7.11 Å². The van der Waals surface area contributed by atoms with Gasteiger partial charge in [0.15, 0.2) is 0 Å². The van der Waals surface area contributed by atoms with Gasteiger partial charge in [0.05, 0.1) is 22.8 Å². The quantitative estimate of drug-likeness (QED) is 0.790. The number of hydrogen-bond acceptors (Lipinski definition) is 2. The van der Waals surface area contributed by atoms with Crippen molar-refractivity contribution in [2.45, 2.75) is 13.5 Å². The first-order valence-electron chi connectivity index (χ1n) is 6.03. The monoisotopic (exact) mass is 329 g/mol. The molecule has 20 heavy (non-hydrogen) atoms. The molecule has 0 aliphatic rings. The van der Waals surface area contributed by atoms with Crippen molar-refractivity contribution >= 4 is 40.5 Å². The number of rotatable bonds is 4. The summed E-state index contributed by atoms with van der Waals surface area (Å²) in [6, 6.07) is 9.32. The number of ether oxygens (including phenoxy) is 1. The SMILES string of the molecule is COc1ccc(CNc2c(Cl)cc(Cl)cc2Cl)cc1C. The van der Waals surface area contributed by atoms with Crippen LogP contribution >= 0.6 is 34.8 Å². The summed E-state index contributed by atoms with van der Waals surface area (Å²) in [5, 5.41) is 4.76. The van der Waals surface area contributed by atoms with E-state index >= 15 is 0 Å². The molecule has 0 amide bonds. The first-order valence-corrected chi connectivity index (χ1v) is 7.16. The molecule has 0 aromatic heterocycles. The number of halogens is 3. The lowest BCUT2D eigenvalue weighted by Gasteiger charge is -2.12.